The maximum atomic E-state index is 11.7. The number of hydrogen-bond donors (Lipinski definition) is 4. The molecule has 0 saturated carbocycles. The van der Waals surface area contributed by atoms with Crippen LogP contribution in [0.5, 0.6) is 34.5 Å². The van der Waals surface area contributed by atoms with Crippen molar-refractivity contribution in [1.29, 1.82) is 0 Å². The van der Waals surface area contributed by atoms with Gasteiger partial charge in [-0.05, 0) is 35.4 Å². The van der Waals surface area contributed by atoms with Gasteiger partial charge in [0.15, 0.2) is 35.1 Å². The molecule has 0 spiro atoms. The van der Waals surface area contributed by atoms with Gasteiger partial charge in [-0.3, -0.25) is 9.98 Å². The van der Waals surface area contributed by atoms with E-state index in [2.05, 4.69) is 9.98 Å². The second kappa shape index (κ2) is 14.8. The van der Waals surface area contributed by atoms with E-state index in [0.717, 1.165) is 21.6 Å². The lowest BCUT2D eigenvalue weighted by Crippen LogP contribution is -2.22. The number of carboxylic acid groups (broad SMARTS) is 2. The summed E-state index contributed by atoms with van der Waals surface area (Å²) < 4.78 is 20.3. The average molecular weight is 569 g/mol. The highest BCUT2D eigenvalue weighted by atomic mass is 33.1. The van der Waals surface area contributed by atoms with Crippen LogP contribution in [0.2, 0.25) is 0 Å². The molecule has 38 heavy (non-hydrogen) atoms. The van der Waals surface area contributed by atoms with Crippen LogP contribution in [0.25, 0.3) is 0 Å². The zero-order chi connectivity index (χ0) is 28.2. The van der Waals surface area contributed by atoms with Gasteiger partial charge in [0.25, 0.3) is 0 Å². The molecule has 2 aromatic rings. The third kappa shape index (κ3) is 8.38. The second-order valence-electron chi connectivity index (χ2n) is 7.38. The number of ether oxygens (including phenoxy) is 4. The van der Waals surface area contributed by atoms with E-state index in [1.807, 2.05) is 0 Å². The number of methoxy groups -OCH3 is 4. The van der Waals surface area contributed by atoms with Gasteiger partial charge in [-0.2, -0.15) is 0 Å². The lowest BCUT2D eigenvalue weighted by Gasteiger charge is -2.11. The molecule has 12 nitrogen and oxygen atoms in total. The first-order valence-corrected chi connectivity index (χ1v) is 13.3. The van der Waals surface area contributed by atoms with Crippen LogP contribution < -0.4 is 18.9 Å². The minimum Gasteiger partial charge on any atom is -0.502 e. The monoisotopic (exact) mass is 568 g/mol. The summed E-state index contributed by atoms with van der Waals surface area (Å²) in [7, 11) is 7.78. The van der Waals surface area contributed by atoms with Crippen molar-refractivity contribution in [3.05, 3.63) is 35.4 Å². The molecule has 0 saturated heterocycles. The summed E-state index contributed by atoms with van der Waals surface area (Å²) in [6.45, 7) is 0. The summed E-state index contributed by atoms with van der Waals surface area (Å²) in [4.78, 5) is 31.5. The van der Waals surface area contributed by atoms with Gasteiger partial charge >= 0.3 is 11.9 Å². The largest absolute Gasteiger partial charge is 0.502 e. The molecule has 0 fully saturated rings. The molecule has 0 radical (unpaired) electrons. The maximum Gasteiger partial charge on any atom is 0.329 e. The number of aromatic hydroxyl groups is 2. The first-order valence-electron chi connectivity index (χ1n) is 10.8. The normalized spacial score (nSPS) is 12.8. The minimum absolute atomic E-state index is 0.0608. The zero-order valence-electron chi connectivity index (χ0n) is 21.0. The topological polar surface area (TPSA) is 177 Å². The van der Waals surface area contributed by atoms with Gasteiger partial charge in [-0.25, -0.2) is 9.59 Å². The standard InChI is InChI=1S/C24H28N2O10S2/c1-33-17-5-13(6-18(34-2)21(17)27)9-25-15(23(29)30)11-37-38-12-16(24(31)32)26-10-14-7-19(35-3)22(28)20(8-14)36-4/h5-10,15-16,27-28H,11-12H2,1-4H3,(H,29,30)(H,31,32). The highest BCUT2D eigenvalue weighted by Gasteiger charge is 2.20. The van der Waals surface area contributed by atoms with Crippen LogP contribution in [-0.4, -0.2) is 96.8 Å². The van der Waals surface area contributed by atoms with E-state index in [4.69, 9.17) is 18.9 Å². The Hall–Kier alpha value is -3.78. The van der Waals surface area contributed by atoms with Gasteiger partial charge in [0.05, 0.1) is 28.4 Å². The van der Waals surface area contributed by atoms with E-state index >= 15 is 0 Å². The minimum atomic E-state index is -1.16. The number of aliphatic imine (C=N–C) groups is 2. The summed E-state index contributed by atoms with van der Waals surface area (Å²) in [6.07, 6.45) is 2.66. The highest BCUT2D eigenvalue weighted by molar-refractivity contribution is 8.76. The predicted molar refractivity (Wildman–Crippen MR) is 145 cm³/mol. The first kappa shape index (κ1) is 30.4. The van der Waals surface area contributed by atoms with Gasteiger partial charge in [0, 0.05) is 23.9 Å². The summed E-state index contributed by atoms with van der Waals surface area (Å²) in [5, 5.41) is 39.1. The van der Waals surface area contributed by atoms with Crippen molar-refractivity contribution in [3.63, 3.8) is 0 Å². The highest BCUT2D eigenvalue weighted by Crippen LogP contribution is 2.37. The molecule has 2 aromatic carbocycles. The van der Waals surface area contributed by atoms with Crippen LogP contribution >= 0.6 is 21.6 Å². The van der Waals surface area contributed by atoms with Crippen molar-refractivity contribution in [2.75, 3.05) is 39.9 Å². The lowest BCUT2D eigenvalue weighted by molar-refractivity contribution is -0.138. The van der Waals surface area contributed by atoms with Gasteiger partial charge in [0.2, 0.25) is 11.5 Å². The number of nitrogens with zero attached hydrogens (tertiary/aromatic N) is 2. The molecular formula is C24H28N2O10S2. The molecule has 0 aliphatic carbocycles. The fourth-order valence-corrected chi connectivity index (χ4v) is 5.17. The summed E-state index contributed by atoms with van der Waals surface area (Å²) in [5.41, 5.74) is 0.923. The molecule has 0 heterocycles. The van der Waals surface area contributed by atoms with Gasteiger partial charge in [0.1, 0.15) is 0 Å². The van der Waals surface area contributed by atoms with E-state index < -0.39 is 24.0 Å². The number of phenolic OH excluding ortho intramolecular Hbond substituents is 2. The van der Waals surface area contributed by atoms with E-state index in [1.54, 1.807) is 0 Å². The maximum absolute atomic E-state index is 11.7. The van der Waals surface area contributed by atoms with Crippen LogP contribution in [0, 0.1) is 0 Å². The Labute approximate surface area is 226 Å². The molecule has 206 valence electrons. The van der Waals surface area contributed by atoms with Crippen molar-refractivity contribution in [3.8, 4) is 34.5 Å². The quantitative estimate of drug-likeness (QED) is 0.141. The predicted octanol–water partition coefficient (Wildman–Crippen LogP) is 2.96. The molecule has 0 aromatic heterocycles. The lowest BCUT2D eigenvalue weighted by atomic mass is 10.2. The fourth-order valence-electron chi connectivity index (χ4n) is 2.91. The van der Waals surface area contributed by atoms with E-state index in [1.165, 1.54) is 65.1 Å². The summed E-state index contributed by atoms with van der Waals surface area (Å²) in [6, 6.07) is 3.71. The average Bonchev–Trinajstić information content (AvgIpc) is 2.90. The van der Waals surface area contributed by atoms with E-state index in [0.29, 0.717) is 11.1 Å². The Morgan fingerprint density at radius 3 is 1.24 bits per heavy atom. The SMILES string of the molecule is COc1cc(C=NC(CSSCC(N=Cc2cc(OC)c(O)c(OC)c2)C(=O)O)C(=O)O)cc(OC)c1O. The zero-order valence-corrected chi connectivity index (χ0v) is 22.6. The molecule has 2 unspecified atom stereocenters. The van der Waals surface area contributed by atoms with Crippen LogP contribution in [0.1, 0.15) is 11.1 Å². The third-order valence-electron chi connectivity index (χ3n) is 4.92. The number of rotatable bonds is 15. The molecule has 0 bridgehead atoms. The van der Waals surface area contributed by atoms with Gasteiger partial charge in [-0.15, -0.1) is 0 Å². The Balaban J connectivity index is 2.02. The van der Waals surface area contributed by atoms with Crippen molar-refractivity contribution in [2.45, 2.75) is 12.1 Å². The third-order valence-corrected chi connectivity index (χ3v) is 7.30. The Bertz CT molecular complexity index is 1050. The molecule has 2 atom stereocenters. The second-order valence-corrected chi connectivity index (χ2v) is 9.93. The number of aliphatic carboxylic acids is 2. The van der Waals surface area contributed by atoms with Crippen LogP contribution in [0.3, 0.4) is 0 Å². The Morgan fingerprint density at radius 1 is 0.711 bits per heavy atom. The van der Waals surface area contributed by atoms with Crippen molar-refractivity contribution in [2.24, 2.45) is 9.98 Å². The molecule has 0 amide bonds. The molecular weight excluding hydrogens is 540 g/mol. The van der Waals surface area contributed by atoms with E-state index in [-0.39, 0.29) is 46.0 Å². The summed E-state index contributed by atoms with van der Waals surface area (Å²) in [5.74, 6) is -1.99. The number of benzene rings is 2. The van der Waals surface area contributed by atoms with Crippen molar-refractivity contribution >= 4 is 46.0 Å². The smallest absolute Gasteiger partial charge is 0.329 e. The molecule has 14 heteroatoms. The Morgan fingerprint density at radius 2 is 1.00 bits per heavy atom. The molecule has 0 aliphatic rings. The van der Waals surface area contributed by atoms with Crippen molar-refractivity contribution < 1.29 is 49.0 Å². The molecule has 0 aliphatic heterocycles. The molecule has 2 rings (SSSR count). The number of phenols is 2. The van der Waals surface area contributed by atoms with E-state index in [9.17, 15) is 30.0 Å². The number of carboxylic acids is 2. The van der Waals surface area contributed by atoms with Crippen LogP contribution in [0.4, 0.5) is 0 Å². The number of hydrogen-bond acceptors (Lipinski definition) is 12. The van der Waals surface area contributed by atoms with Gasteiger partial charge in [-0.1, -0.05) is 21.6 Å². The fraction of sp³-hybridized carbons (Fsp3) is 0.333. The number of carbonyl (C=O) groups is 2. The van der Waals surface area contributed by atoms with Crippen LogP contribution in [-0.2, 0) is 9.59 Å². The van der Waals surface area contributed by atoms with Crippen molar-refractivity contribution in [1.82, 2.24) is 0 Å². The molecule has 4 N–H and O–H groups in total. The van der Waals surface area contributed by atoms with Gasteiger partial charge < -0.3 is 39.4 Å². The summed E-state index contributed by atoms with van der Waals surface area (Å²) >= 11 is 0. The van der Waals surface area contributed by atoms with Crippen LogP contribution in [0.15, 0.2) is 34.3 Å². The first-order chi connectivity index (χ1) is 18.1. The Kier molecular flexibility index (Phi) is 11.9.